The first-order chi connectivity index (χ1) is 6.36. The van der Waals surface area contributed by atoms with Crippen LogP contribution in [0.5, 0.6) is 0 Å². The number of hydrogen-bond donors (Lipinski definition) is 2. The first-order valence-corrected chi connectivity index (χ1v) is 4.71. The number of nitrogens with two attached hydrogens (primary N) is 1. The fraction of sp³-hybridized carbons (Fsp3) is 0.667. The largest absolute Gasteiger partial charge is 0.377 e. The van der Waals surface area contributed by atoms with Crippen LogP contribution in [-0.4, -0.2) is 28.7 Å². The molecule has 0 spiro atoms. The van der Waals surface area contributed by atoms with E-state index in [0.717, 1.165) is 31.7 Å². The molecule has 0 saturated carbocycles. The minimum absolute atomic E-state index is 0.0775. The fourth-order valence-corrected chi connectivity index (χ4v) is 1.70. The summed E-state index contributed by atoms with van der Waals surface area (Å²) in [7, 11) is 0. The van der Waals surface area contributed by atoms with E-state index in [1.807, 2.05) is 6.20 Å². The van der Waals surface area contributed by atoms with Gasteiger partial charge in [-0.2, -0.15) is 0 Å². The monoisotopic (exact) mass is 181 g/mol. The van der Waals surface area contributed by atoms with Crippen LogP contribution in [0.3, 0.4) is 0 Å². The van der Waals surface area contributed by atoms with Crippen molar-refractivity contribution in [1.82, 2.24) is 9.97 Å². The molecular formula is C9H15N3O. The van der Waals surface area contributed by atoms with Gasteiger partial charge in [0.25, 0.3) is 0 Å². The molecule has 13 heavy (non-hydrogen) atoms. The van der Waals surface area contributed by atoms with Gasteiger partial charge in [-0.25, -0.2) is 4.98 Å². The highest BCUT2D eigenvalue weighted by molar-refractivity contribution is 4.93. The van der Waals surface area contributed by atoms with Crippen molar-refractivity contribution in [1.29, 1.82) is 0 Å². The maximum Gasteiger partial charge on any atom is 0.107 e. The van der Waals surface area contributed by atoms with Gasteiger partial charge in [-0.05, 0) is 12.8 Å². The van der Waals surface area contributed by atoms with E-state index in [0.29, 0.717) is 0 Å². The average Bonchev–Trinajstić information content (AvgIpc) is 2.74. The predicted molar refractivity (Wildman–Crippen MR) is 49.2 cm³/mol. The van der Waals surface area contributed by atoms with Crippen molar-refractivity contribution < 1.29 is 4.74 Å². The average molecular weight is 181 g/mol. The van der Waals surface area contributed by atoms with Crippen molar-refractivity contribution in [3.63, 3.8) is 0 Å². The number of aromatic nitrogens is 2. The molecule has 1 aromatic heterocycles. The molecular weight excluding hydrogens is 166 g/mol. The number of aromatic amines is 1. The Morgan fingerprint density at radius 2 is 2.69 bits per heavy atom. The Balaban J connectivity index is 1.87. The van der Waals surface area contributed by atoms with E-state index in [1.54, 1.807) is 6.20 Å². The molecule has 2 atom stereocenters. The summed E-state index contributed by atoms with van der Waals surface area (Å²) in [5.74, 6) is 0.947. The Morgan fingerprint density at radius 1 is 1.77 bits per heavy atom. The summed E-state index contributed by atoms with van der Waals surface area (Å²) in [5, 5.41) is 0. The van der Waals surface area contributed by atoms with E-state index in [4.69, 9.17) is 10.5 Å². The van der Waals surface area contributed by atoms with Crippen molar-refractivity contribution in [3.05, 3.63) is 18.2 Å². The summed E-state index contributed by atoms with van der Waals surface area (Å²) in [4.78, 5) is 7.18. The van der Waals surface area contributed by atoms with Crippen LogP contribution in [0.2, 0.25) is 0 Å². The minimum Gasteiger partial charge on any atom is -0.377 e. The molecule has 0 aliphatic carbocycles. The molecule has 4 heteroatoms. The van der Waals surface area contributed by atoms with Crippen LogP contribution in [0.25, 0.3) is 0 Å². The molecule has 3 N–H and O–H groups in total. The molecule has 0 amide bonds. The van der Waals surface area contributed by atoms with Gasteiger partial charge in [-0.1, -0.05) is 0 Å². The van der Waals surface area contributed by atoms with E-state index >= 15 is 0 Å². The number of nitrogens with zero attached hydrogens (tertiary/aromatic N) is 1. The molecule has 2 unspecified atom stereocenters. The van der Waals surface area contributed by atoms with E-state index in [1.165, 1.54) is 0 Å². The smallest absolute Gasteiger partial charge is 0.107 e. The quantitative estimate of drug-likeness (QED) is 0.712. The Labute approximate surface area is 77.5 Å². The van der Waals surface area contributed by atoms with Crippen molar-refractivity contribution in [2.24, 2.45) is 5.73 Å². The SMILES string of the molecule is NC(Cc1ncc[nH]1)C1CCCO1. The zero-order valence-electron chi connectivity index (χ0n) is 7.57. The fourth-order valence-electron chi connectivity index (χ4n) is 1.70. The Bertz CT molecular complexity index is 241. The number of imidazole rings is 1. The van der Waals surface area contributed by atoms with Crippen molar-refractivity contribution >= 4 is 0 Å². The number of H-pyrrole nitrogens is 1. The number of rotatable bonds is 3. The van der Waals surface area contributed by atoms with Crippen LogP contribution in [0, 0.1) is 0 Å². The highest BCUT2D eigenvalue weighted by atomic mass is 16.5. The molecule has 1 aliphatic heterocycles. The highest BCUT2D eigenvalue weighted by Crippen LogP contribution is 2.16. The molecule has 1 aromatic rings. The Morgan fingerprint density at radius 3 is 3.31 bits per heavy atom. The lowest BCUT2D eigenvalue weighted by atomic mass is 10.1. The van der Waals surface area contributed by atoms with Crippen LogP contribution in [0.4, 0.5) is 0 Å². The van der Waals surface area contributed by atoms with Gasteiger partial charge in [0.15, 0.2) is 0 Å². The maximum absolute atomic E-state index is 5.99. The minimum atomic E-state index is 0.0775. The summed E-state index contributed by atoms with van der Waals surface area (Å²) < 4.78 is 5.50. The van der Waals surface area contributed by atoms with Crippen LogP contribution in [0.1, 0.15) is 18.7 Å². The standard InChI is InChI=1S/C9H15N3O/c10-7(8-2-1-5-13-8)6-9-11-3-4-12-9/h3-4,7-8H,1-2,5-6,10H2,(H,11,12). The zero-order chi connectivity index (χ0) is 9.10. The molecule has 1 fully saturated rings. The second-order valence-corrected chi connectivity index (χ2v) is 3.46. The van der Waals surface area contributed by atoms with Gasteiger partial charge in [0.1, 0.15) is 5.82 Å². The first kappa shape index (κ1) is 8.72. The Hall–Kier alpha value is -0.870. The van der Waals surface area contributed by atoms with Gasteiger partial charge < -0.3 is 15.5 Å². The summed E-state index contributed by atoms with van der Waals surface area (Å²) in [6.45, 7) is 0.858. The van der Waals surface area contributed by atoms with Crippen LogP contribution < -0.4 is 5.73 Å². The highest BCUT2D eigenvalue weighted by Gasteiger charge is 2.23. The summed E-state index contributed by atoms with van der Waals surface area (Å²) in [5.41, 5.74) is 5.99. The molecule has 1 saturated heterocycles. The van der Waals surface area contributed by atoms with Gasteiger partial charge in [0.05, 0.1) is 6.10 Å². The van der Waals surface area contributed by atoms with Crippen molar-refractivity contribution in [2.45, 2.75) is 31.4 Å². The summed E-state index contributed by atoms with van der Waals surface area (Å²) in [6.07, 6.45) is 6.79. The van der Waals surface area contributed by atoms with Gasteiger partial charge in [0.2, 0.25) is 0 Å². The van der Waals surface area contributed by atoms with E-state index < -0.39 is 0 Å². The van der Waals surface area contributed by atoms with Crippen LogP contribution >= 0.6 is 0 Å². The lowest BCUT2D eigenvalue weighted by molar-refractivity contribution is 0.0895. The van der Waals surface area contributed by atoms with Gasteiger partial charge in [0, 0.05) is 31.5 Å². The molecule has 1 aliphatic rings. The molecule has 2 rings (SSSR count). The summed E-state index contributed by atoms with van der Waals surface area (Å²) >= 11 is 0. The lowest BCUT2D eigenvalue weighted by Gasteiger charge is -2.16. The van der Waals surface area contributed by atoms with E-state index in [2.05, 4.69) is 9.97 Å². The number of nitrogens with one attached hydrogen (secondary N) is 1. The van der Waals surface area contributed by atoms with Crippen LogP contribution in [-0.2, 0) is 11.2 Å². The first-order valence-electron chi connectivity index (χ1n) is 4.71. The van der Waals surface area contributed by atoms with Gasteiger partial charge in [-0.15, -0.1) is 0 Å². The van der Waals surface area contributed by atoms with Crippen molar-refractivity contribution in [3.8, 4) is 0 Å². The third-order valence-corrected chi connectivity index (χ3v) is 2.43. The molecule has 72 valence electrons. The lowest BCUT2D eigenvalue weighted by Crippen LogP contribution is -2.36. The second-order valence-electron chi connectivity index (χ2n) is 3.46. The van der Waals surface area contributed by atoms with Crippen molar-refractivity contribution in [2.75, 3.05) is 6.61 Å². The third kappa shape index (κ3) is 2.08. The second kappa shape index (κ2) is 3.89. The molecule has 0 aromatic carbocycles. The van der Waals surface area contributed by atoms with E-state index in [-0.39, 0.29) is 12.1 Å². The summed E-state index contributed by atoms with van der Waals surface area (Å²) in [6, 6.07) is 0.0775. The van der Waals surface area contributed by atoms with E-state index in [9.17, 15) is 0 Å². The number of ether oxygens (including phenoxy) is 1. The zero-order valence-corrected chi connectivity index (χ0v) is 7.57. The number of hydrogen-bond acceptors (Lipinski definition) is 3. The third-order valence-electron chi connectivity index (χ3n) is 2.43. The normalized spacial score (nSPS) is 24.8. The topological polar surface area (TPSA) is 63.9 Å². The molecule has 2 heterocycles. The molecule has 0 bridgehead atoms. The predicted octanol–water partition coefficient (Wildman–Crippen LogP) is 0.458. The van der Waals surface area contributed by atoms with Gasteiger partial charge in [-0.3, -0.25) is 0 Å². The maximum atomic E-state index is 5.99. The molecule has 4 nitrogen and oxygen atoms in total. The van der Waals surface area contributed by atoms with Crippen LogP contribution in [0.15, 0.2) is 12.4 Å². The Kier molecular flexibility index (Phi) is 2.61. The van der Waals surface area contributed by atoms with Gasteiger partial charge >= 0.3 is 0 Å². The molecule has 0 radical (unpaired) electrons.